The smallest absolute Gasteiger partial charge is 0.0611 e. The molecule has 2 N–H and O–H groups in total. The lowest BCUT2D eigenvalue weighted by molar-refractivity contribution is 0.113. The summed E-state index contributed by atoms with van der Waals surface area (Å²) in [5.41, 5.74) is -0.110. The van der Waals surface area contributed by atoms with Gasteiger partial charge < -0.3 is 15.3 Å². The zero-order chi connectivity index (χ0) is 14.6. The average molecular weight is 282 g/mol. The van der Waals surface area contributed by atoms with E-state index in [2.05, 4.69) is 31.1 Å². The first kappa shape index (κ1) is 16.3. The lowest BCUT2D eigenvalue weighted by Gasteiger charge is -2.37. The standard InChI is InChI=1S/C17H34N2O/c1-14(11-17(2,13-20)18-16-9-10-16)19(3)12-15-7-5-4-6-8-15/h14-16,18,20H,4-13H2,1-3H3. The Morgan fingerprint density at radius 1 is 1.20 bits per heavy atom. The Kier molecular flexibility index (Phi) is 5.88. The van der Waals surface area contributed by atoms with Crippen LogP contribution in [-0.4, -0.2) is 47.8 Å². The summed E-state index contributed by atoms with van der Waals surface area (Å²) in [6.45, 7) is 5.96. The van der Waals surface area contributed by atoms with Gasteiger partial charge in [0.05, 0.1) is 6.61 Å². The van der Waals surface area contributed by atoms with E-state index in [9.17, 15) is 5.11 Å². The molecule has 20 heavy (non-hydrogen) atoms. The molecule has 3 heteroatoms. The highest BCUT2D eigenvalue weighted by Crippen LogP contribution is 2.27. The predicted octanol–water partition coefficient (Wildman–Crippen LogP) is 2.78. The van der Waals surface area contributed by atoms with Gasteiger partial charge in [0.2, 0.25) is 0 Å². The van der Waals surface area contributed by atoms with Crippen molar-refractivity contribution in [2.45, 2.75) is 82.8 Å². The molecule has 0 aliphatic heterocycles. The van der Waals surface area contributed by atoms with Crippen LogP contribution in [0.3, 0.4) is 0 Å². The number of nitrogens with one attached hydrogen (secondary N) is 1. The van der Waals surface area contributed by atoms with Crippen molar-refractivity contribution in [1.82, 2.24) is 10.2 Å². The Hall–Kier alpha value is -0.120. The van der Waals surface area contributed by atoms with Crippen molar-refractivity contribution >= 4 is 0 Å². The third-order valence-corrected chi connectivity index (χ3v) is 5.25. The molecule has 0 heterocycles. The van der Waals surface area contributed by atoms with Gasteiger partial charge >= 0.3 is 0 Å². The molecular formula is C17H34N2O. The molecule has 0 spiro atoms. The number of hydrogen-bond acceptors (Lipinski definition) is 3. The largest absolute Gasteiger partial charge is 0.394 e. The van der Waals surface area contributed by atoms with Crippen molar-refractivity contribution in [2.75, 3.05) is 20.2 Å². The Morgan fingerprint density at radius 2 is 1.85 bits per heavy atom. The maximum atomic E-state index is 9.73. The van der Waals surface area contributed by atoms with Gasteiger partial charge in [-0.15, -0.1) is 0 Å². The highest BCUT2D eigenvalue weighted by atomic mass is 16.3. The number of nitrogens with zero attached hydrogens (tertiary/aromatic N) is 1. The Morgan fingerprint density at radius 3 is 2.40 bits per heavy atom. The van der Waals surface area contributed by atoms with Crippen LogP contribution in [0.1, 0.15) is 65.2 Å². The van der Waals surface area contributed by atoms with Gasteiger partial charge in [0.15, 0.2) is 0 Å². The molecule has 0 amide bonds. The lowest BCUT2D eigenvalue weighted by Crippen LogP contribution is -2.51. The van der Waals surface area contributed by atoms with Crippen LogP contribution < -0.4 is 5.32 Å². The number of hydrogen-bond donors (Lipinski definition) is 2. The second-order valence-electron chi connectivity index (χ2n) is 7.63. The van der Waals surface area contributed by atoms with E-state index in [4.69, 9.17) is 0 Å². The molecule has 3 nitrogen and oxygen atoms in total. The summed E-state index contributed by atoms with van der Waals surface area (Å²) in [5.74, 6) is 0.896. The van der Waals surface area contributed by atoms with E-state index in [1.165, 1.54) is 51.5 Å². The fourth-order valence-corrected chi connectivity index (χ4v) is 3.65. The van der Waals surface area contributed by atoms with Gasteiger partial charge in [-0.1, -0.05) is 19.3 Å². The van der Waals surface area contributed by atoms with Crippen LogP contribution in [0.15, 0.2) is 0 Å². The normalized spacial score (nSPS) is 25.6. The van der Waals surface area contributed by atoms with Gasteiger partial charge in [-0.25, -0.2) is 0 Å². The maximum Gasteiger partial charge on any atom is 0.0611 e. The van der Waals surface area contributed by atoms with Crippen LogP contribution in [0.5, 0.6) is 0 Å². The number of aliphatic hydroxyl groups excluding tert-OH is 1. The number of aliphatic hydroxyl groups is 1. The zero-order valence-corrected chi connectivity index (χ0v) is 13.7. The Bertz CT molecular complexity index is 287. The minimum Gasteiger partial charge on any atom is -0.394 e. The van der Waals surface area contributed by atoms with E-state index in [0.29, 0.717) is 12.1 Å². The summed E-state index contributed by atoms with van der Waals surface area (Å²) in [7, 11) is 2.26. The Balaban J connectivity index is 1.77. The maximum absolute atomic E-state index is 9.73. The SMILES string of the molecule is CC(CC(C)(CO)NC1CC1)N(C)CC1CCCCC1. The average Bonchev–Trinajstić information content (AvgIpc) is 3.23. The van der Waals surface area contributed by atoms with Crippen LogP contribution in [0.25, 0.3) is 0 Å². The van der Waals surface area contributed by atoms with Crippen LogP contribution in [0.4, 0.5) is 0 Å². The van der Waals surface area contributed by atoms with Crippen molar-refractivity contribution in [3.05, 3.63) is 0 Å². The van der Waals surface area contributed by atoms with Crippen molar-refractivity contribution in [3.63, 3.8) is 0 Å². The van der Waals surface area contributed by atoms with Crippen LogP contribution in [-0.2, 0) is 0 Å². The fourth-order valence-electron chi connectivity index (χ4n) is 3.65. The molecule has 0 aromatic heterocycles. The van der Waals surface area contributed by atoms with E-state index in [0.717, 1.165) is 12.3 Å². The monoisotopic (exact) mass is 282 g/mol. The quantitative estimate of drug-likeness (QED) is 0.718. The summed E-state index contributed by atoms with van der Waals surface area (Å²) in [4.78, 5) is 2.51. The zero-order valence-electron chi connectivity index (χ0n) is 13.7. The van der Waals surface area contributed by atoms with Gasteiger partial charge in [-0.2, -0.15) is 0 Å². The molecule has 2 rings (SSSR count). The van der Waals surface area contributed by atoms with Gasteiger partial charge in [0, 0.05) is 24.2 Å². The molecule has 0 aromatic rings. The van der Waals surface area contributed by atoms with Gasteiger partial charge in [0.25, 0.3) is 0 Å². The molecule has 2 saturated carbocycles. The van der Waals surface area contributed by atoms with Crippen molar-refractivity contribution in [2.24, 2.45) is 5.92 Å². The molecule has 2 aliphatic carbocycles. The molecule has 2 atom stereocenters. The lowest BCUT2D eigenvalue weighted by atomic mass is 9.88. The van der Waals surface area contributed by atoms with Crippen LogP contribution in [0, 0.1) is 5.92 Å². The molecule has 0 saturated heterocycles. The first-order valence-corrected chi connectivity index (χ1v) is 8.61. The summed E-state index contributed by atoms with van der Waals surface area (Å²) in [6.07, 6.45) is 10.7. The summed E-state index contributed by atoms with van der Waals surface area (Å²) in [6, 6.07) is 1.18. The fraction of sp³-hybridized carbons (Fsp3) is 1.00. The van der Waals surface area contributed by atoms with Gasteiger partial charge in [0.1, 0.15) is 0 Å². The molecule has 0 radical (unpaired) electrons. The second-order valence-corrected chi connectivity index (χ2v) is 7.63. The van der Waals surface area contributed by atoms with Crippen molar-refractivity contribution < 1.29 is 5.11 Å². The molecule has 0 bridgehead atoms. The first-order valence-electron chi connectivity index (χ1n) is 8.61. The minimum absolute atomic E-state index is 0.110. The van der Waals surface area contributed by atoms with Crippen molar-refractivity contribution in [1.29, 1.82) is 0 Å². The number of rotatable bonds is 8. The Labute approximate surface area is 125 Å². The first-order chi connectivity index (χ1) is 9.52. The van der Waals surface area contributed by atoms with Gasteiger partial charge in [-0.3, -0.25) is 0 Å². The molecule has 118 valence electrons. The highest BCUT2D eigenvalue weighted by Gasteiger charge is 2.34. The molecule has 2 aliphatic rings. The molecule has 2 fully saturated rings. The third kappa shape index (κ3) is 5.01. The summed E-state index contributed by atoms with van der Waals surface area (Å²) < 4.78 is 0. The molecular weight excluding hydrogens is 248 g/mol. The van der Waals surface area contributed by atoms with E-state index in [1.807, 2.05) is 0 Å². The van der Waals surface area contributed by atoms with E-state index in [1.54, 1.807) is 0 Å². The highest BCUT2D eigenvalue weighted by molar-refractivity contribution is 4.94. The summed E-state index contributed by atoms with van der Waals surface area (Å²) in [5, 5.41) is 13.4. The summed E-state index contributed by atoms with van der Waals surface area (Å²) >= 11 is 0. The van der Waals surface area contributed by atoms with Crippen LogP contribution in [0.2, 0.25) is 0 Å². The topological polar surface area (TPSA) is 35.5 Å². The second kappa shape index (κ2) is 7.24. The van der Waals surface area contributed by atoms with Crippen LogP contribution >= 0.6 is 0 Å². The van der Waals surface area contributed by atoms with E-state index in [-0.39, 0.29) is 12.1 Å². The molecule has 0 aromatic carbocycles. The third-order valence-electron chi connectivity index (χ3n) is 5.25. The molecule has 2 unspecified atom stereocenters. The predicted molar refractivity (Wildman–Crippen MR) is 84.9 cm³/mol. The van der Waals surface area contributed by atoms with E-state index < -0.39 is 0 Å². The minimum atomic E-state index is -0.110. The van der Waals surface area contributed by atoms with Crippen molar-refractivity contribution in [3.8, 4) is 0 Å². The van der Waals surface area contributed by atoms with E-state index >= 15 is 0 Å². The van der Waals surface area contributed by atoms with Gasteiger partial charge in [-0.05, 0) is 58.9 Å².